The fourth-order valence-corrected chi connectivity index (χ4v) is 2.36. The number of nitrogens with zero attached hydrogens (tertiary/aromatic N) is 1. The molecule has 0 aromatic carbocycles. The minimum atomic E-state index is -0.364. The van der Waals surface area contributed by atoms with Crippen molar-refractivity contribution in [3.8, 4) is 0 Å². The maximum atomic E-state index is 11.9. The normalized spacial score (nSPS) is 24.9. The van der Waals surface area contributed by atoms with Crippen LogP contribution in [0.2, 0.25) is 0 Å². The molecule has 2 fully saturated rings. The highest BCUT2D eigenvalue weighted by Gasteiger charge is 2.51. The predicted octanol–water partition coefficient (Wildman–Crippen LogP) is 3.24. The molecule has 0 aliphatic heterocycles. The molecule has 2 aliphatic rings. The van der Waals surface area contributed by atoms with Crippen LogP contribution < -0.4 is 0 Å². The first kappa shape index (κ1) is 11.8. The van der Waals surface area contributed by atoms with E-state index in [1.807, 2.05) is 0 Å². The zero-order chi connectivity index (χ0) is 12.9. The van der Waals surface area contributed by atoms with Crippen molar-refractivity contribution >= 4 is 5.97 Å². The fourth-order valence-electron chi connectivity index (χ4n) is 2.36. The topological polar surface area (TPSA) is 52.3 Å². The van der Waals surface area contributed by atoms with Crippen LogP contribution in [0.1, 0.15) is 74.0 Å². The molecule has 4 nitrogen and oxygen atoms in total. The monoisotopic (exact) mass is 249 g/mol. The largest absolute Gasteiger partial charge is 0.460 e. The van der Waals surface area contributed by atoms with Crippen molar-refractivity contribution in [2.24, 2.45) is 5.41 Å². The summed E-state index contributed by atoms with van der Waals surface area (Å²) in [7, 11) is 0. The molecule has 1 atom stereocenters. The van der Waals surface area contributed by atoms with E-state index < -0.39 is 0 Å². The molecule has 2 saturated carbocycles. The molecule has 18 heavy (non-hydrogen) atoms. The summed E-state index contributed by atoms with van der Waals surface area (Å²) in [4.78, 5) is 16.4. The average Bonchev–Trinajstić information content (AvgIpc) is 3.20. The Balaban J connectivity index is 1.89. The number of carbonyl (C=O) groups is 1. The Bertz CT molecular complexity index is 485. The maximum Gasteiger partial charge on any atom is 0.376 e. The van der Waals surface area contributed by atoms with Gasteiger partial charge in [-0.25, -0.2) is 9.78 Å². The molecule has 0 saturated heterocycles. The Morgan fingerprint density at radius 1 is 1.50 bits per heavy atom. The van der Waals surface area contributed by atoms with Gasteiger partial charge in [0.1, 0.15) is 0 Å². The highest BCUT2D eigenvalue weighted by molar-refractivity contribution is 5.87. The SMILES string of the molecule is CCOC(=O)c1oc(C2CC2(C)C)nc1C1CC1. The van der Waals surface area contributed by atoms with Crippen molar-refractivity contribution in [1.29, 1.82) is 0 Å². The number of aromatic nitrogens is 1. The van der Waals surface area contributed by atoms with Gasteiger partial charge in [0.05, 0.1) is 12.3 Å². The third-order valence-electron chi connectivity index (χ3n) is 3.91. The van der Waals surface area contributed by atoms with Crippen molar-refractivity contribution in [3.63, 3.8) is 0 Å². The third-order valence-corrected chi connectivity index (χ3v) is 3.91. The van der Waals surface area contributed by atoms with E-state index in [1.165, 1.54) is 0 Å². The summed E-state index contributed by atoms with van der Waals surface area (Å²) in [5.74, 6) is 1.47. The first-order chi connectivity index (χ1) is 8.53. The summed E-state index contributed by atoms with van der Waals surface area (Å²) in [5.41, 5.74) is 1.09. The third kappa shape index (κ3) is 1.93. The highest BCUT2D eigenvalue weighted by atomic mass is 16.5. The van der Waals surface area contributed by atoms with Crippen molar-refractivity contribution in [1.82, 2.24) is 4.98 Å². The lowest BCUT2D eigenvalue weighted by molar-refractivity contribution is 0.0486. The van der Waals surface area contributed by atoms with Crippen molar-refractivity contribution in [2.75, 3.05) is 6.61 Å². The number of rotatable bonds is 4. The van der Waals surface area contributed by atoms with Crippen LogP contribution in [-0.2, 0) is 4.74 Å². The minimum Gasteiger partial charge on any atom is -0.460 e. The molecule has 0 N–H and O–H groups in total. The van der Waals surface area contributed by atoms with Crippen LogP contribution in [0.3, 0.4) is 0 Å². The van der Waals surface area contributed by atoms with E-state index in [2.05, 4.69) is 18.8 Å². The maximum absolute atomic E-state index is 11.9. The number of ether oxygens (including phenoxy) is 1. The average molecular weight is 249 g/mol. The number of hydrogen-bond donors (Lipinski definition) is 0. The van der Waals surface area contributed by atoms with Gasteiger partial charge in [-0.2, -0.15) is 0 Å². The highest BCUT2D eigenvalue weighted by Crippen LogP contribution is 2.59. The van der Waals surface area contributed by atoms with Crippen molar-refractivity contribution in [3.05, 3.63) is 17.3 Å². The van der Waals surface area contributed by atoms with Crippen LogP contribution in [-0.4, -0.2) is 17.6 Å². The first-order valence-electron chi connectivity index (χ1n) is 6.70. The molecule has 0 bridgehead atoms. The number of hydrogen-bond acceptors (Lipinski definition) is 4. The van der Waals surface area contributed by atoms with Crippen LogP contribution in [0, 0.1) is 5.41 Å². The van der Waals surface area contributed by atoms with E-state index in [4.69, 9.17) is 9.15 Å². The van der Waals surface area contributed by atoms with Gasteiger partial charge in [0.25, 0.3) is 0 Å². The van der Waals surface area contributed by atoms with Crippen LogP contribution in [0.4, 0.5) is 0 Å². The smallest absolute Gasteiger partial charge is 0.376 e. The molecule has 2 aliphatic carbocycles. The van der Waals surface area contributed by atoms with E-state index in [0.29, 0.717) is 24.2 Å². The molecule has 3 rings (SSSR count). The van der Waals surface area contributed by atoms with E-state index in [-0.39, 0.29) is 11.4 Å². The van der Waals surface area contributed by atoms with Crippen LogP contribution in [0.15, 0.2) is 4.42 Å². The second kappa shape index (κ2) is 3.84. The number of oxazole rings is 1. The van der Waals surface area contributed by atoms with E-state index in [0.717, 1.165) is 30.8 Å². The lowest BCUT2D eigenvalue weighted by Gasteiger charge is -1.99. The molecule has 98 valence electrons. The van der Waals surface area contributed by atoms with Crippen LogP contribution >= 0.6 is 0 Å². The summed E-state index contributed by atoms with van der Waals surface area (Å²) in [6.45, 7) is 6.56. The molecule has 0 amide bonds. The quantitative estimate of drug-likeness (QED) is 0.769. The van der Waals surface area contributed by atoms with Gasteiger partial charge < -0.3 is 9.15 Å². The van der Waals surface area contributed by atoms with Gasteiger partial charge in [-0.1, -0.05) is 13.8 Å². The molecule has 1 heterocycles. The molecule has 0 radical (unpaired) electrons. The van der Waals surface area contributed by atoms with Gasteiger partial charge in [-0.3, -0.25) is 0 Å². The molecule has 1 aromatic rings. The van der Waals surface area contributed by atoms with Gasteiger partial charge in [0.2, 0.25) is 5.76 Å². The van der Waals surface area contributed by atoms with Gasteiger partial charge in [0.15, 0.2) is 5.89 Å². The minimum absolute atomic E-state index is 0.262. The van der Waals surface area contributed by atoms with Gasteiger partial charge >= 0.3 is 5.97 Å². The number of carbonyl (C=O) groups excluding carboxylic acids is 1. The van der Waals surface area contributed by atoms with Crippen LogP contribution in [0.25, 0.3) is 0 Å². The summed E-state index contributed by atoms with van der Waals surface area (Å²) in [6.07, 6.45) is 3.29. The number of esters is 1. The fraction of sp³-hybridized carbons (Fsp3) is 0.714. The van der Waals surface area contributed by atoms with Crippen LogP contribution in [0.5, 0.6) is 0 Å². The summed E-state index contributed by atoms with van der Waals surface area (Å²) < 4.78 is 10.7. The zero-order valence-corrected chi connectivity index (χ0v) is 11.2. The molecule has 1 unspecified atom stereocenters. The molecule has 4 heteroatoms. The predicted molar refractivity (Wildman–Crippen MR) is 65.6 cm³/mol. The summed E-state index contributed by atoms with van der Waals surface area (Å²) >= 11 is 0. The molecule has 0 spiro atoms. The van der Waals surface area contributed by atoms with Gasteiger partial charge in [0, 0.05) is 11.8 Å². The van der Waals surface area contributed by atoms with E-state index in [9.17, 15) is 4.79 Å². The van der Waals surface area contributed by atoms with Gasteiger partial charge in [-0.15, -0.1) is 0 Å². The molecular formula is C14H19NO3. The Morgan fingerprint density at radius 2 is 2.17 bits per heavy atom. The second-order valence-corrected chi connectivity index (χ2v) is 6.01. The second-order valence-electron chi connectivity index (χ2n) is 6.01. The summed E-state index contributed by atoms with van der Waals surface area (Å²) in [5, 5.41) is 0. The Kier molecular flexibility index (Phi) is 2.50. The van der Waals surface area contributed by atoms with E-state index in [1.54, 1.807) is 6.92 Å². The Morgan fingerprint density at radius 3 is 2.67 bits per heavy atom. The Labute approximate surface area is 107 Å². The van der Waals surface area contributed by atoms with Crippen molar-refractivity contribution < 1.29 is 13.9 Å². The van der Waals surface area contributed by atoms with Gasteiger partial charge in [-0.05, 0) is 31.6 Å². The van der Waals surface area contributed by atoms with Crippen molar-refractivity contribution in [2.45, 2.75) is 51.9 Å². The molecule has 1 aromatic heterocycles. The lowest BCUT2D eigenvalue weighted by atomic mass is 10.1. The standard InChI is InChI=1S/C14H19NO3/c1-4-17-13(16)11-10(8-5-6-8)15-12(18-11)9-7-14(9,2)3/h8-9H,4-7H2,1-3H3. The van der Waals surface area contributed by atoms with E-state index >= 15 is 0 Å². The lowest BCUT2D eigenvalue weighted by Crippen LogP contribution is -2.05. The first-order valence-corrected chi connectivity index (χ1v) is 6.70. The Hall–Kier alpha value is -1.32. The molecular weight excluding hydrogens is 230 g/mol. The summed E-state index contributed by atoms with van der Waals surface area (Å²) in [6, 6.07) is 0. The zero-order valence-electron chi connectivity index (χ0n) is 11.2.